The monoisotopic (exact) mass is 282 g/mol. The molecule has 3 nitrogen and oxygen atoms in total. The molecule has 0 amide bonds. The fourth-order valence-electron chi connectivity index (χ4n) is 3.07. The number of benzene rings is 2. The molecular formula is C18H22N2O. The summed E-state index contributed by atoms with van der Waals surface area (Å²) in [6, 6.07) is 19.4. The molecular weight excluding hydrogens is 260 g/mol. The van der Waals surface area contributed by atoms with Crippen LogP contribution in [-0.2, 0) is 4.74 Å². The first-order valence-corrected chi connectivity index (χ1v) is 7.58. The van der Waals surface area contributed by atoms with Crippen LogP contribution in [0.3, 0.4) is 0 Å². The van der Waals surface area contributed by atoms with E-state index >= 15 is 0 Å². The molecule has 1 aliphatic heterocycles. The van der Waals surface area contributed by atoms with Crippen LogP contribution in [0, 0.1) is 5.92 Å². The summed E-state index contributed by atoms with van der Waals surface area (Å²) >= 11 is 0. The van der Waals surface area contributed by atoms with Crippen molar-refractivity contribution >= 4 is 0 Å². The van der Waals surface area contributed by atoms with Crippen LogP contribution in [0.2, 0.25) is 0 Å². The van der Waals surface area contributed by atoms with Crippen molar-refractivity contribution in [2.45, 2.75) is 18.9 Å². The van der Waals surface area contributed by atoms with Crippen LogP contribution >= 0.6 is 0 Å². The lowest BCUT2D eigenvalue weighted by Gasteiger charge is -2.30. The number of hydrazine groups is 1. The van der Waals surface area contributed by atoms with E-state index in [9.17, 15) is 0 Å². The second kappa shape index (κ2) is 6.85. The van der Waals surface area contributed by atoms with E-state index in [1.165, 1.54) is 16.7 Å². The summed E-state index contributed by atoms with van der Waals surface area (Å²) in [6.45, 7) is 1.68. The normalized spacial score (nSPS) is 17.6. The molecule has 0 aliphatic carbocycles. The Labute approximate surface area is 126 Å². The minimum Gasteiger partial charge on any atom is -0.381 e. The largest absolute Gasteiger partial charge is 0.381 e. The number of hydrogen-bond donors (Lipinski definition) is 2. The van der Waals surface area contributed by atoms with Crippen molar-refractivity contribution in [1.29, 1.82) is 0 Å². The van der Waals surface area contributed by atoms with E-state index in [0.29, 0.717) is 5.92 Å². The predicted octanol–water partition coefficient (Wildman–Crippen LogP) is 3.28. The lowest BCUT2D eigenvalue weighted by atomic mass is 9.87. The van der Waals surface area contributed by atoms with Crippen LogP contribution in [-0.4, -0.2) is 13.2 Å². The first-order valence-electron chi connectivity index (χ1n) is 7.58. The van der Waals surface area contributed by atoms with Crippen molar-refractivity contribution in [2.24, 2.45) is 11.8 Å². The zero-order valence-corrected chi connectivity index (χ0v) is 12.2. The topological polar surface area (TPSA) is 47.3 Å². The van der Waals surface area contributed by atoms with Crippen molar-refractivity contribution in [1.82, 2.24) is 5.43 Å². The minimum atomic E-state index is 0.207. The zero-order valence-electron chi connectivity index (χ0n) is 12.2. The van der Waals surface area contributed by atoms with Gasteiger partial charge in [-0.3, -0.25) is 11.3 Å². The summed E-state index contributed by atoms with van der Waals surface area (Å²) < 4.78 is 5.44. The summed E-state index contributed by atoms with van der Waals surface area (Å²) in [5.41, 5.74) is 6.73. The van der Waals surface area contributed by atoms with Gasteiger partial charge in [0, 0.05) is 19.3 Å². The van der Waals surface area contributed by atoms with Crippen LogP contribution in [0.25, 0.3) is 11.1 Å². The molecule has 1 atom stereocenters. The Morgan fingerprint density at radius 2 is 1.52 bits per heavy atom. The Morgan fingerprint density at radius 3 is 2.14 bits per heavy atom. The molecule has 1 unspecified atom stereocenters. The molecule has 1 saturated heterocycles. The third kappa shape index (κ3) is 3.32. The van der Waals surface area contributed by atoms with E-state index < -0.39 is 0 Å². The van der Waals surface area contributed by atoms with Gasteiger partial charge in [-0.05, 0) is 35.4 Å². The lowest BCUT2D eigenvalue weighted by Crippen LogP contribution is -2.36. The fraction of sp³-hybridized carbons (Fsp3) is 0.333. The number of rotatable bonds is 4. The van der Waals surface area contributed by atoms with Gasteiger partial charge in [0.25, 0.3) is 0 Å². The van der Waals surface area contributed by atoms with Crippen LogP contribution in [0.5, 0.6) is 0 Å². The Morgan fingerprint density at radius 1 is 0.905 bits per heavy atom. The lowest BCUT2D eigenvalue weighted by molar-refractivity contribution is 0.0536. The maximum atomic E-state index is 5.79. The second-order valence-corrected chi connectivity index (χ2v) is 5.58. The molecule has 0 radical (unpaired) electrons. The molecule has 0 saturated carbocycles. The van der Waals surface area contributed by atoms with Gasteiger partial charge >= 0.3 is 0 Å². The quantitative estimate of drug-likeness (QED) is 0.668. The molecule has 3 N–H and O–H groups in total. The molecule has 1 aliphatic rings. The minimum absolute atomic E-state index is 0.207. The summed E-state index contributed by atoms with van der Waals surface area (Å²) in [6.07, 6.45) is 2.13. The Bertz CT molecular complexity index is 547. The first-order chi connectivity index (χ1) is 10.4. The third-order valence-corrected chi connectivity index (χ3v) is 4.29. The average Bonchev–Trinajstić information content (AvgIpc) is 2.58. The Hall–Kier alpha value is -1.68. The smallest absolute Gasteiger partial charge is 0.0489 e. The fourth-order valence-corrected chi connectivity index (χ4v) is 3.07. The highest BCUT2D eigenvalue weighted by molar-refractivity contribution is 5.63. The molecule has 2 aromatic rings. The molecule has 3 rings (SSSR count). The van der Waals surface area contributed by atoms with Gasteiger partial charge in [0.2, 0.25) is 0 Å². The van der Waals surface area contributed by atoms with Gasteiger partial charge in [-0.2, -0.15) is 0 Å². The first kappa shape index (κ1) is 14.3. The molecule has 0 spiro atoms. The standard InChI is InChI=1S/C18H22N2O/c19-20-18(17-10-12-21-13-11-17)16-8-6-15(7-9-16)14-4-2-1-3-5-14/h1-9,17-18,20H,10-13,19H2. The van der Waals surface area contributed by atoms with Gasteiger partial charge in [-0.25, -0.2) is 0 Å². The second-order valence-electron chi connectivity index (χ2n) is 5.58. The maximum absolute atomic E-state index is 5.79. The van der Waals surface area contributed by atoms with Crippen molar-refractivity contribution in [3.8, 4) is 11.1 Å². The molecule has 21 heavy (non-hydrogen) atoms. The molecule has 1 fully saturated rings. The number of hydrogen-bond acceptors (Lipinski definition) is 3. The number of nitrogens with two attached hydrogens (primary N) is 1. The van der Waals surface area contributed by atoms with E-state index in [4.69, 9.17) is 10.6 Å². The molecule has 0 bridgehead atoms. The molecule has 2 aromatic carbocycles. The van der Waals surface area contributed by atoms with Crippen molar-refractivity contribution in [3.63, 3.8) is 0 Å². The zero-order chi connectivity index (χ0) is 14.5. The Kier molecular flexibility index (Phi) is 4.65. The van der Waals surface area contributed by atoms with E-state index in [0.717, 1.165) is 26.1 Å². The van der Waals surface area contributed by atoms with Crippen molar-refractivity contribution in [3.05, 3.63) is 60.2 Å². The van der Waals surface area contributed by atoms with Gasteiger partial charge in [-0.1, -0.05) is 54.6 Å². The highest BCUT2D eigenvalue weighted by Gasteiger charge is 2.24. The highest BCUT2D eigenvalue weighted by atomic mass is 16.5. The van der Waals surface area contributed by atoms with Crippen LogP contribution in [0.4, 0.5) is 0 Å². The third-order valence-electron chi connectivity index (χ3n) is 4.29. The summed E-state index contributed by atoms with van der Waals surface area (Å²) in [4.78, 5) is 0. The van der Waals surface area contributed by atoms with Gasteiger partial charge in [-0.15, -0.1) is 0 Å². The molecule has 110 valence electrons. The SMILES string of the molecule is NNC(c1ccc(-c2ccccc2)cc1)C1CCOCC1. The van der Waals surface area contributed by atoms with E-state index in [-0.39, 0.29) is 6.04 Å². The maximum Gasteiger partial charge on any atom is 0.0489 e. The van der Waals surface area contributed by atoms with Crippen LogP contribution in [0.1, 0.15) is 24.4 Å². The van der Waals surface area contributed by atoms with Gasteiger partial charge in [0.1, 0.15) is 0 Å². The average molecular weight is 282 g/mol. The Balaban J connectivity index is 1.79. The van der Waals surface area contributed by atoms with Gasteiger partial charge < -0.3 is 4.74 Å². The van der Waals surface area contributed by atoms with E-state index in [2.05, 4.69) is 54.0 Å². The van der Waals surface area contributed by atoms with E-state index in [1.807, 2.05) is 6.07 Å². The van der Waals surface area contributed by atoms with Crippen molar-refractivity contribution < 1.29 is 4.74 Å². The summed E-state index contributed by atoms with van der Waals surface area (Å²) in [5.74, 6) is 6.34. The molecule has 3 heteroatoms. The van der Waals surface area contributed by atoms with Crippen LogP contribution < -0.4 is 11.3 Å². The molecule has 1 heterocycles. The molecule has 0 aromatic heterocycles. The van der Waals surface area contributed by atoms with E-state index in [1.54, 1.807) is 0 Å². The number of nitrogens with one attached hydrogen (secondary N) is 1. The van der Waals surface area contributed by atoms with Gasteiger partial charge in [0.05, 0.1) is 0 Å². The van der Waals surface area contributed by atoms with Crippen LogP contribution in [0.15, 0.2) is 54.6 Å². The summed E-state index contributed by atoms with van der Waals surface area (Å²) in [5, 5.41) is 0. The number of ether oxygens (including phenoxy) is 1. The van der Waals surface area contributed by atoms with Gasteiger partial charge in [0.15, 0.2) is 0 Å². The summed E-state index contributed by atoms with van der Waals surface area (Å²) in [7, 11) is 0. The highest BCUT2D eigenvalue weighted by Crippen LogP contribution is 2.30. The predicted molar refractivity (Wildman–Crippen MR) is 85.5 cm³/mol. The van der Waals surface area contributed by atoms with Crippen molar-refractivity contribution in [2.75, 3.05) is 13.2 Å².